The van der Waals surface area contributed by atoms with Gasteiger partial charge >= 0.3 is 5.97 Å². The van der Waals surface area contributed by atoms with Crippen molar-refractivity contribution >= 4 is 11.9 Å². The first-order valence-electron chi connectivity index (χ1n) is 31.3. The summed E-state index contributed by atoms with van der Waals surface area (Å²) < 4.78 is 16.7. The highest BCUT2D eigenvalue weighted by Crippen LogP contribution is 2.23. The lowest BCUT2D eigenvalue weighted by Crippen LogP contribution is -2.60. The fraction of sp³-hybridized carbons (Fsp3) is 0.873. The van der Waals surface area contributed by atoms with Gasteiger partial charge in [0.25, 0.3) is 0 Å². The third kappa shape index (κ3) is 42.0. The summed E-state index contributed by atoms with van der Waals surface area (Å²) in [6.07, 6.45) is 55.5. The number of allylic oxidation sites excluding steroid dienone is 5. The molecule has 6 N–H and O–H groups in total. The van der Waals surface area contributed by atoms with Crippen LogP contribution in [-0.2, 0) is 23.8 Å². The van der Waals surface area contributed by atoms with Gasteiger partial charge in [0.15, 0.2) is 6.29 Å². The normalized spacial score (nSPS) is 19.0. The van der Waals surface area contributed by atoms with Crippen molar-refractivity contribution in [3.8, 4) is 0 Å². The minimum atomic E-state index is -1.57. The Bertz CT molecular complexity index is 1320. The highest BCUT2D eigenvalue weighted by molar-refractivity contribution is 5.76. The van der Waals surface area contributed by atoms with Crippen LogP contribution in [0.25, 0.3) is 0 Å². The molecular formula is C63H117NO10. The van der Waals surface area contributed by atoms with Crippen molar-refractivity contribution in [3.05, 3.63) is 36.5 Å². The maximum atomic E-state index is 13.0. The molecule has 11 nitrogen and oxygen atoms in total. The molecule has 0 spiro atoms. The van der Waals surface area contributed by atoms with Crippen molar-refractivity contribution in [3.63, 3.8) is 0 Å². The average molecular weight is 1050 g/mol. The van der Waals surface area contributed by atoms with E-state index in [9.17, 15) is 35.1 Å². The van der Waals surface area contributed by atoms with Gasteiger partial charge in [-0.1, -0.05) is 249 Å². The van der Waals surface area contributed by atoms with Gasteiger partial charge in [0, 0.05) is 12.8 Å². The lowest BCUT2D eigenvalue weighted by Gasteiger charge is -2.40. The first-order chi connectivity index (χ1) is 36.2. The number of carbonyl (C=O) groups is 2. The van der Waals surface area contributed by atoms with E-state index < -0.39 is 49.5 Å². The van der Waals surface area contributed by atoms with Crippen LogP contribution in [-0.4, -0.2) is 100 Å². The van der Waals surface area contributed by atoms with E-state index in [0.717, 1.165) is 83.5 Å². The summed E-state index contributed by atoms with van der Waals surface area (Å²) in [5.74, 6) is -0.197. The van der Waals surface area contributed by atoms with Crippen molar-refractivity contribution in [1.82, 2.24) is 5.32 Å². The number of amides is 1. The second-order valence-electron chi connectivity index (χ2n) is 21.8. The van der Waals surface area contributed by atoms with E-state index >= 15 is 0 Å². The van der Waals surface area contributed by atoms with Gasteiger partial charge in [-0.15, -0.1) is 0 Å². The van der Waals surface area contributed by atoms with E-state index in [4.69, 9.17) is 14.2 Å². The van der Waals surface area contributed by atoms with Gasteiger partial charge in [0.2, 0.25) is 5.91 Å². The van der Waals surface area contributed by atoms with Crippen LogP contribution >= 0.6 is 0 Å². The third-order valence-corrected chi connectivity index (χ3v) is 14.7. The maximum Gasteiger partial charge on any atom is 0.305 e. The van der Waals surface area contributed by atoms with Crippen molar-refractivity contribution in [2.45, 2.75) is 333 Å². The molecule has 0 aromatic heterocycles. The molecule has 7 atom stereocenters. The van der Waals surface area contributed by atoms with Gasteiger partial charge in [-0.2, -0.15) is 0 Å². The Hall–Kier alpha value is -2.12. The number of carbonyl (C=O) groups excluding carboxylic acids is 2. The molecule has 0 radical (unpaired) electrons. The van der Waals surface area contributed by atoms with E-state index in [1.54, 1.807) is 6.08 Å². The zero-order chi connectivity index (χ0) is 53.8. The number of esters is 1. The fourth-order valence-electron chi connectivity index (χ4n) is 9.76. The van der Waals surface area contributed by atoms with Gasteiger partial charge in [0.1, 0.15) is 24.4 Å². The fourth-order valence-corrected chi connectivity index (χ4v) is 9.76. The van der Waals surface area contributed by atoms with E-state index in [1.165, 1.54) is 180 Å². The number of unbranched alkanes of at least 4 members (excludes halogenated alkanes) is 36. The van der Waals surface area contributed by atoms with Gasteiger partial charge < -0.3 is 45.1 Å². The van der Waals surface area contributed by atoms with Crippen molar-refractivity contribution in [1.29, 1.82) is 0 Å². The summed E-state index contributed by atoms with van der Waals surface area (Å²) in [6.45, 7) is 4.31. The summed E-state index contributed by atoms with van der Waals surface area (Å²) in [7, 11) is 0. The average Bonchev–Trinajstić information content (AvgIpc) is 3.40. The molecule has 434 valence electrons. The predicted octanol–water partition coefficient (Wildman–Crippen LogP) is 14.7. The van der Waals surface area contributed by atoms with Crippen molar-refractivity contribution < 1.29 is 49.3 Å². The van der Waals surface area contributed by atoms with Crippen LogP contribution in [0.1, 0.15) is 290 Å². The van der Waals surface area contributed by atoms with Crippen LogP contribution in [0.2, 0.25) is 0 Å². The van der Waals surface area contributed by atoms with Crippen molar-refractivity contribution in [2.75, 3.05) is 19.8 Å². The van der Waals surface area contributed by atoms with Crippen LogP contribution in [0.3, 0.4) is 0 Å². The predicted molar refractivity (Wildman–Crippen MR) is 306 cm³/mol. The second kappa shape index (κ2) is 52.9. The molecule has 0 aromatic carbocycles. The molecule has 1 aliphatic rings. The molecular weight excluding hydrogens is 931 g/mol. The molecule has 0 aliphatic carbocycles. The minimum absolute atomic E-state index is 0.00265. The van der Waals surface area contributed by atoms with Gasteiger partial charge in [0.05, 0.1) is 32.0 Å². The van der Waals surface area contributed by atoms with E-state index in [1.807, 2.05) is 6.08 Å². The Kier molecular flexibility index (Phi) is 50.0. The Morgan fingerprint density at radius 3 is 1.36 bits per heavy atom. The standard InChI is InChI=1S/C63H117NO10/c1-3-5-7-9-11-13-14-15-28-31-35-39-43-47-51-59(68)72-52-48-44-40-36-32-29-26-24-22-20-18-16-17-19-21-23-25-27-30-34-38-42-46-50-58(67)64-55(56(66)49-45-41-37-33-12-10-8-6-4-2)54-73-63-62(71)61(70)60(69)57(53-65)74-63/h16,18-19,21,45,49,55-57,60-63,65-66,69-71H,3-15,17,20,22-44,46-48,50-54H2,1-2H3,(H,64,67)/b18-16-,21-19-,49-45+. The number of hydrogen-bond donors (Lipinski definition) is 6. The lowest BCUT2D eigenvalue weighted by atomic mass is 9.99. The topological polar surface area (TPSA) is 175 Å². The summed E-state index contributed by atoms with van der Waals surface area (Å²) in [5.41, 5.74) is 0. The van der Waals surface area contributed by atoms with Crippen LogP contribution in [0.5, 0.6) is 0 Å². The zero-order valence-corrected chi connectivity index (χ0v) is 47.8. The van der Waals surface area contributed by atoms with E-state index in [-0.39, 0.29) is 18.5 Å². The van der Waals surface area contributed by atoms with Crippen LogP contribution in [0.15, 0.2) is 36.5 Å². The molecule has 1 amide bonds. The van der Waals surface area contributed by atoms with Crippen LogP contribution in [0, 0.1) is 0 Å². The lowest BCUT2D eigenvalue weighted by molar-refractivity contribution is -0.302. The van der Waals surface area contributed by atoms with Gasteiger partial charge in [-0.25, -0.2) is 0 Å². The smallest absolute Gasteiger partial charge is 0.305 e. The number of rotatable bonds is 54. The summed E-state index contributed by atoms with van der Waals surface area (Å²) >= 11 is 0. The van der Waals surface area contributed by atoms with Crippen molar-refractivity contribution in [2.24, 2.45) is 0 Å². The molecule has 74 heavy (non-hydrogen) atoms. The highest BCUT2D eigenvalue weighted by Gasteiger charge is 2.44. The molecule has 1 aliphatic heterocycles. The van der Waals surface area contributed by atoms with Crippen LogP contribution in [0.4, 0.5) is 0 Å². The number of hydrogen-bond acceptors (Lipinski definition) is 10. The zero-order valence-electron chi connectivity index (χ0n) is 47.8. The molecule has 0 bridgehead atoms. The summed E-state index contributed by atoms with van der Waals surface area (Å²) in [6, 6.07) is -0.816. The Morgan fingerprint density at radius 2 is 0.905 bits per heavy atom. The first kappa shape index (κ1) is 69.9. The second-order valence-corrected chi connectivity index (χ2v) is 21.8. The molecule has 11 heteroatoms. The molecule has 1 fully saturated rings. The number of nitrogens with one attached hydrogen (secondary N) is 1. The number of aliphatic hydroxyl groups is 5. The maximum absolute atomic E-state index is 13.0. The van der Waals surface area contributed by atoms with E-state index in [0.29, 0.717) is 19.4 Å². The largest absolute Gasteiger partial charge is 0.466 e. The minimum Gasteiger partial charge on any atom is -0.466 e. The molecule has 0 aromatic rings. The highest BCUT2D eigenvalue weighted by atomic mass is 16.7. The number of ether oxygens (including phenoxy) is 3. The molecule has 1 saturated heterocycles. The quantitative estimate of drug-likeness (QED) is 0.0195. The Labute approximate surface area is 453 Å². The first-order valence-corrected chi connectivity index (χ1v) is 31.3. The Morgan fingerprint density at radius 1 is 0.500 bits per heavy atom. The third-order valence-electron chi connectivity index (χ3n) is 14.7. The number of aliphatic hydroxyl groups excluding tert-OH is 5. The van der Waals surface area contributed by atoms with Gasteiger partial charge in [-0.3, -0.25) is 9.59 Å². The SMILES string of the molecule is CCCCCCCCC/C=C/C(O)C(COC1OC(CO)C(O)C(O)C1O)NC(=O)CCCCCCCCC/C=C\C/C=C\CCCCCCCCCCCOC(=O)CCCCCCCCCCCCCCCC. The molecule has 1 rings (SSSR count). The molecule has 0 saturated carbocycles. The van der Waals surface area contributed by atoms with Crippen LogP contribution < -0.4 is 5.32 Å². The monoisotopic (exact) mass is 1050 g/mol. The summed E-state index contributed by atoms with van der Waals surface area (Å²) in [4.78, 5) is 25.0. The van der Waals surface area contributed by atoms with E-state index in [2.05, 4.69) is 43.5 Å². The Balaban J connectivity index is 2.01. The summed E-state index contributed by atoms with van der Waals surface area (Å²) in [5, 5.41) is 54.2. The van der Waals surface area contributed by atoms with Gasteiger partial charge in [-0.05, 0) is 64.2 Å². The molecule has 1 heterocycles. The molecule has 7 unspecified atom stereocenters.